The van der Waals surface area contributed by atoms with E-state index in [2.05, 4.69) is 10.6 Å². The van der Waals surface area contributed by atoms with Crippen LogP contribution in [-0.2, 0) is 4.74 Å². The standard InChI is InChI=1S/C15H20N2O2/c1-11-4-3-5-14(12(11)2)17-15(18)16-10-13-6-8-19-9-7-13/h3-5,10H,6-9H2,1-2H3,(H2,16,17,18). The quantitative estimate of drug-likeness (QED) is 0.858. The zero-order valence-corrected chi connectivity index (χ0v) is 11.5. The first kappa shape index (κ1) is 13.6. The number of nitrogens with one attached hydrogen (secondary N) is 2. The zero-order valence-electron chi connectivity index (χ0n) is 11.5. The highest BCUT2D eigenvalue weighted by atomic mass is 16.5. The Balaban J connectivity index is 1.92. The van der Waals surface area contributed by atoms with Gasteiger partial charge in [0.25, 0.3) is 0 Å². The Bertz CT molecular complexity index is 487. The van der Waals surface area contributed by atoms with Crippen LogP contribution < -0.4 is 10.6 Å². The van der Waals surface area contributed by atoms with Gasteiger partial charge in [-0.1, -0.05) is 12.1 Å². The molecule has 2 rings (SSSR count). The molecule has 0 aromatic heterocycles. The van der Waals surface area contributed by atoms with Gasteiger partial charge in [-0.3, -0.25) is 0 Å². The van der Waals surface area contributed by atoms with E-state index in [-0.39, 0.29) is 6.03 Å². The molecule has 0 radical (unpaired) electrons. The molecule has 1 aromatic carbocycles. The summed E-state index contributed by atoms with van der Waals surface area (Å²) in [5.74, 6) is 0. The van der Waals surface area contributed by atoms with Gasteiger partial charge in [0.15, 0.2) is 0 Å². The van der Waals surface area contributed by atoms with Crippen molar-refractivity contribution >= 4 is 11.7 Å². The second-order valence-corrected chi connectivity index (χ2v) is 4.76. The molecule has 0 spiro atoms. The number of carbonyl (C=O) groups is 1. The van der Waals surface area contributed by atoms with Crippen molar-refractivity contribution in [3.8, 4) is 0 Å². The number of amides is 2. The Kier molecular flexibility index (Phi) is 4.58. The van der Waals surface area contributed by atoms with Gasteiger partial charge in [-0.05, 0) is 49.5 Å². The van der Waals surface area contributed by atoms with Gasteiger partial charge in [-0.25, -0.2) is 4.79 Å². The number of hydrogen-bond donors (Lipinski definition) is 2. The predicted molar refractivity (Wildman–Crippen MR) is 76.2 cm³/mol. The summed E-state index contributed by atoms with van der Waals surface area (Å²) in [5, 5.41) is 5.64. The molecular weight excluding hydrogens is 240 g/mol. The van der Waals surface area contributed by atoms with Crippen molar-refractivity contribution in [2.75, 3.05) is 18.5 Å². The van der Waals surface area contributed by atoms with Crippen molar-refractivity contribution in [3.05, 3.63) is 41.1 Å². The van der Waals surface area contributed by atoms with Crippen molar-refractivity contribution in [3.63, 3.8) is 0 Å². The first-order valence-corrected chi connectivity index (χ1v) is 6.56. The summed E-state index contributed by atoms with van der Waals surface area (Å²) in [7, 11) is 0. The van der Waals surface area contributed by atoms with Gasteiger partial charge in [0.05, 0.1) is 13.2 Å². The molecular formula is C15H20N2O2. The van der Waals surface area contributed by atoms with E-state index in [9.17, 15) is 4.79 Å². The summed E-state index contributed by atoms with van der Waals surface area (Å²) < 4.78 is 5.26. The maximum Gasteiger partial charge on any atom is 0.323 e. The fourth-order valence-electron chi connectivity index (χ4n) is 1.99. The van der Waals surface area contributed by atoms with E-state index < -0.39 is 0 Å². The number of anilines is 1. The molecule has 4 nitrogen and oxygen atoms in total. The Morgan fingerprint density at radius 2 is 2.00 bits per heavy atom. The van der Waals surface area contributed by atoms with Crippen LogP contribution in [0.3, 0.4) is 0 Å². The van der Waals surface area contributed by atoms with Gasteiger partial charge >= 0.3 is 6.03 Å². The topological polar surface area (TPSA) is 50.4 Å². The number of aryl methyl sites for hydroxylation is 1. The lowest BCUT2D eigenvalue weighted by Crippen LogP contribution is -2.25. The number of ether oxygens (including phenoxy) is 1. The van der Waals surface area contributed by atoms with Gasteiger partial charge < -0.3 is 15.4 Å². The molecule has 0 saturated carbocycles. The fraction of sp³-hybridized carbons (Fsp3) is 0.400. The molecule has 19 heavy (non-hydrogen) atoms. The van der Waals surface area contributed by atoms with E-state index in [0.29, 0.717) is 0 Å². The first-order chi connectivity index (χ1) is 9.16. The maximum absolute atomic E-state index is 11.8. The normalized spacial score (nSPS) is 14.9. The third-order valence-corrected chi connectivity index (χ3v) is 3.40. The van der Waals surface area contributed by atoms with Gasteiger partial charge in [0.1, 0.15) is 0 Å². The van der Waals surface area contributed by atoms with Crippen molar-refractivity contribution in [1.29, 1.82) is 0 Å². The molecule has 1 aliphatic heterocycles. The molecule has 2 amide bonds. The van der Waals surface area contributed by atoms with Crippen molar-refractivity contribution in [2.24, 2.45) is 0 Å². The molecule has 0 unspecified atom stereocenters. The van der Waals surface area contributed by atoms with Crippen LogP contribution in [0.15, 0.2) is 30.0 Å². The summed E-state index contributed by atoms with van der Waals surface area (Å²) >= 11 is 0. The van der Waals surface area contributed by atoms with Crippen LogP contribution >= 0.6 is 0 Å². The number of urea groups is 1. The molecule has 1 heterocycles. The van der Waals surface area contributed by atoms with E-state index in [4.69, 9.17) is 4.74 Å². The van der Waals surface area contributed by atoms with Crippen molar-refractivity contribution in [1.82, 2.24) is 5.32 Å². The highest BCUT2D eigenvalue weighted by Gasteiger charge is 2.07. The van der Waals surface area contributed by atoms with Gasteiger partial charge in [-0.2, -0.15) is 0 Å². The minimum Gasteiger partial charge on any atom is -0.381 e. The first-order valence-electron chi connectivity index (χ1n) is 6.56. The summed E-state index contributed by atoms with van der Waals surface area (Å²) in [6.45, 7) is 5.52. The van der Waals surface area contributed by atoms with Crippen molar-refractivity contribution < 1.29 is 9.53 Å². The summed E-state index contributed by atoms with van der Waals surface area (Å²) in [4.78, 5) is 11.8. The smallest absolute Gasteiger partial charge is 0.323 e. The lowest BCUT2D eigenvalue weighted by atomic mass is 10.1. The van der Waals surface area contributed by atoms with E-state index in [1.165, 1.54) is 11.1 Å². The average Bonchev–Trinajstić information content (AvgIpc) is 2.43. The molecule has 1 fully saturated rings. The summed E-state index contributed by atoms with van der Waals surface area (Å²) in [5.41, 5.74) is 4.34. The lowest BCUT2D eigenvalue weighted by molar-refractivity contribution is 0.119. The van der Waals surface area contributed by atoms with Crippen LogP contribution in [-0.4, -0.2) is 19.2 Å². The monoisotopic (exact) mass is 260 g/mol. The second-order valence-electron chi connectivity index (χ2n) is 4.76. The Hall–Kier alpha value is -1.81. The molecule has 0 atom stereocenters. The molecule has 102 valence electrons. The summed E-state index contributed by atoms with van der Waals surface area (Å²) in [6, 6.07) is 5.67. The number of benzene rings is 1. The number of carbonyl (C=O) groups excluding carboxylic acids is 1. The minimum atomic E-state index is -0.201. The second kappa shape index (κ2) is 6.38. The van der Waals surface area contributed by atoms with Gasteiger partial charge in [0.2, 0.25) is 0 Å². The molecule has 4 heteroatoms. The minimum absolute atomic E-state index is 0.201. The molecule has 0 aliphatic carbocycles. The third-order valence-electron chi connectivity index (χ3n) is 3.40. The highest BCUT2D eigenvalue weighted by Crippen LogP contribution is 2.17. The fourth-order valence-corrected chi connectivity index (χ4v) is 1.99. The molecule has 1 saturated heterocycles. The molecule has 0 bridgehead atoms. The van der Waals surface area contributed by atoms with E-state index in [1.54, 1.807) is 6.20 Å². The van der Waals surface area contributed by atoms with Crippen molar-refractivity contribution in [2.45, 2.75) is 26.7 Å². The zero-order chi connectivity index (χ0) is 13.7. The lowest BCUT2D eigenvalue weighted by Gasteiger charge is -2.15. The Labute approximate surface area is 113 Å². The molecule has 1 aliphatic rings. The number of rotatable bonds is 2. The predicted octanol–water partition coefficient (Wildman–Crippen LogP) is 3.12. The van der Waals surface area contributed by atoms with Gasteiger partial charge in [-0.15, -0.1) is 0 Å². The third kappa shape index (κ3) is 3.83. The van der Waals surface area contributed by atoms with Gasteiger partial charge in [0, 0.05) is 11.9 Å². The van der Waals surface area contributed by atoms with E-state index in [0.717, 1.165) is 37.3 Å². The Morgan fingerprint density at radius 1 is 1.26 bits per heavy atom. The number of hydrogen-bond acceptors (Lipinski definition) is 2. The van der Waals surface area contributed by atoms with Crippen LogP contribution in [0.25, 0.3) is 0 Å². The van der Waals surface area contributed by atoms with Crippen LogP contribution in [0.2, 0.25) is 0 Å². The SMILES string of the molecule is Cc1cccc(NC(=O)NC=C2CCOCC2)c1C. The van der Waals surface area contributed by atoms with Crippen LogP contribution in [0.1, 0.15) is 24.0 Å². The van der Waals surface area contributed by atoms with Crippen LogP contribution in [0.4, 0.5) is 10.5 Å². The van der Waals surface area contributed by atoms with Crippen LogP contribution in [0.5, 0.6) is 0 Å². The average molecular weight is 260 g/mol. The summed E-state index contributed by atoms with van der Waals surface area (Å²) in [6.07, 6.45) is 3.58. The molecule has 2 N–H and O–H groups in total. The van der Waals surface area contributed by atoms with E-state index >= 15 is 0 Å². The largest absolute Gasteiger partial charge is 0.381 e. The highest BCUT2D eigenvalue weighted by molar-refractivity contribution is 5.90. The molecule has 1 aromatic rings. The Morgan fingerprint density at radius 3 is 2.74 bits per heavy atom. The maximum atomic E-state index is 11.8. The van der Waals surface area contributed by atoms with E-state index in [1.807, 2.05) is 32.0 Å². The van der Waals surface area contributed by atoms with Crippen LogP contribution in [0, 0.1) is 13.8 Å².